The summed E-state index contributed by atoms with van der Waals surface area (Å²) in [5, 5.41) is 5.37. The maximum absolute atomic E-state index is 12.2. The van der Waals surface area contributed by atoms with Gasteiger partial charge >= 0.3 is 12.2 Å². The van der Waals surface area contributed by atoms with Gasteiger partial charge in [-0.3, -0.25) is 10.6 Å². The minimum Gasteiger partial charge on any atom is -0.441 e. The van der Waals surface area contributed by atoms with E-state index in [2.05, 4.69) is 10.6 Å². The van der Waals surface area contributed by atoms with Crippen LogP contribution in [0.4, 0.5) is 21.0 Å². The van der Waals surface area contributed by atoms with E-state index in [9.17, 15) is 9.59 Å². The predicted octanol–water partition coefficient (Wildman–Crippen LogP) is 3.64. The lowest BCUT2D eigenvalue weighted by Gasteiger charge is -2.17. The second kappa shape index (κ2) is 8.73. The van der Waals surface area contributed by atoms with E-state index in [0.29, 0.717) is 11.4 Å². The van der Waals surface area contributed by atoms with Crippen LogP contribution in [0.15, 0.2) is 48.5 Å². The maximum Gasteiger partial charge on any atom is 0.412 e. The second-order valence-electron chi connectivity index (χ2n) is 7.47. The monoisotopic (exact) mass is 412 g/mol. The molecule has 2 N–H and O–H groups in total. The molecule has 2 fully saturated rings. The lowest BCUT2D eigenvalue weighted by molar-refractivity contribution is -0.00697. The fourth-order valence-corrected chi connectivity index (χ4v) is 3.47. The van der Waals surface area contributed by atoms with Crippen molar-refractivity contribution in [2.24, 2.45) is 0 Å². The summed E-state index contributed by atoms with van der Waals surface area (Å²) in [5.74, 6) is 0. The Labute approximate surface area is 174 Å². The molecule has 2 aromatic carbocycles. The minimum atomic E-state index is -0.585. The van der Waals surface area contributed by atoms with Crippen LogP contribution in [-0.2, 0) is 18.9 Å². The van der Waals surface area contributed by atoms with Crippen molar-refractivity contribution in [3.63, 3.8) is 0 Å². The summed E-state index contributed by atoms with van der Waals surface area (Å²) in [5.41, 5.74) is 3.47. The third-order valence-corrected chi connectivity index (χ3v) is 5.08. The molecule has 2 saturated heterocycles. The molecule has 0 radical (unpaired) electrons. The van der Waals surface area contributed by atoms with Gasteiger partial charge in [-0.2, -0.15) is 0 Å². The molecule has 8 nitrogen and oxygen atoms in total. The van der Waals surface area contributed by atoms with Crippen LogP contribution in [-0.4, -0.2) is 49.8 Å². The predicted molar refractivity (Wildman–Crippen MR) is 110 cm³/mol. The van der Waals surface area contributed by atoms with Crippen LogP contribution >= 0.6 is 0 Å². The molecule has 2 heterocycles. The summed E-state index contributed by atoms with van der Waals surface area (Å²) in [7, 11) is 0. The smallest absolute Gasteiger partial charge is 0.412 e. The molecule has 0 aliphatic carbocycles. The number of hydrogen-bond donors (Lipinski definition) is 2. The molecule has 0 aromatic heterocycles. The van der Waals surface area contributed by atoms with Crippen LogP contribution in [0.2, 0.25) is 0 Å². The highest BCUT2D eigenvalue weighted by atomic mass is 16.7. The van der Waals surface area contributed by atoms with Crippen LogP contribution in [0.3, 0.4) is 0 Å². The Kier molecular flexibility index (Phi) is 5.87. The highest BCUT2D eigenvalue weighted by Gasteiger charge is 2.51. The molecule has 2 aliphatic heterocycles. The molecule has 0 spiro atoms. The van der Waals surface area contributed by atoms with Gasteiger partial charge in [0.15, 0.2) is 12.2 Å². The summed E-state index contributed by atoms with van der Waals surface area (Å²) in [4.78, 5) is 24.4. The number of hydrogen-bond acceptors (Lipinski definition) is 6. The first-order chi connectivity index (χ1) is 14.5. The van der Waals surface area contributed by atoms with Gasteiger partial charge in [-0.25, -0.2) is 9.59 Å². The van der Waals surface area contributed by atoms with E-state index in [1.807, 2.05) is 38.1 Å². The second-order valence-corrected chi connectivity index (χ2v) is 7.47. The number of amides is 2. The molecule has 8 heteroatoms. The molecular weight excluding hydrogens is 388 g/mol. The molecule has 0 saturated carbocycles. The topological polar surface area (TPSA) is 95.1 Å². The number of fused-ring (bicyclic) bond motifs is 1. The van der Waals surface area contributed by atoms with Gasteiger partial charge in [-0.05, 0) is 38.1 Å². The molecule has 0 unspecified atom stereocenters. The van der Waals surface area contributed by atoms with Crippen molar-refractivity contribution in [1.82, 2.24) is 0 Å². The molecule has 158 valence electrons. The number of benzene rings is 2. The number of rotatable bonds is 4. The van der Waals surface area contributed by atoms with Gasteiger partial charge in [0.25, 0.3) is 0 Å². The number of ether oxygens (including phenoxy) is 4. The average molecular weight is 412 g/mol. The number of nitrogens with one attached hydrogen (secondary N) is 2. The Bertz CT molecular complexity index is 823. The number of aryl methyl sites for hydroxylation is 2. The van der Waals surface area contributed by atoms with E-state index < -0.39 is 36.6 Å². The molecule has 2 aromatic rings. The Morgan fingerprint density at radius 3 is 1.47 bits per heavy atom. The van der Waals surface area contributed by atoms with Crippen molar-refractivity contribution in [3.05, 3.63) is 59.7 Å². The highest BCUT2D eigenvalue weighted by Crippen LogP contribution is 2.31. The summed E-state index contributed by atoms with van der Waals surface area (Å²) < 4.78 is 22.3. The molecule has 2 aliphatic rings. The summed E-state index contributed by atoms with van der Waals surface area (Å²) in [6.45, 7) is 4.29. The van der Waals surface area contributed by atoms with Crippen LogP contribution in [0.5, 0.6) is 0 Å². The number of carbonyl (C=O) groups is 2. The fourth-order valence-electron chi connectivity index (χ4n) is 3.47. The van der Waals surface area contributed by atoms with Gasteiger partial charge in [0.1, 0.15) is 12.2 Å². The molecule has 0 bridgehead atoms. The fraction of sp³-hybridized carbons (Fsp3) is 0.364. The Morgan fingerprint density at radius 1 is 0.733 bits per heavy atom. The van der Waals surface area contributed by atoms with Gasteiger partial charge in [0.05, 0.1) is 13.2 Å². The van der Waals surface area contributed by atoms with Gasteiger partial charge < -0.3 is 18.9 Å². The van der Waals surface area contributed by atoms with E-state index >= 15 is 0 Å². The first-order valence-electron chi connectivity index (χ1n) is 9.80. The van der Waals surface area contributed by atoms with E-state index in [1.54, 1.807) is 24.3 Å². The largest absolute Gasteiger partial charge is 0.441 e. The minimum absolute atomic E-state index is 0.177. The van der Waals surface area contributed by atoms with Crippen LogP contribution in [0.25, 0.3) is 0 Å². The van der Waals surface area contributed by atoms with Gasteiger partial charge in [-0.15, -0.1) is 0 Å². The van der Waals surface area contributed by atoms with Crippen molar-refractivity contribution < 1.29 is 28.5 Å². The zero-order valence-corrected chi connectivity index (χ0v) is 16.8. The molecule has 2 amide bonds. The average Bonchev–Trinajstić information content (AvgIpc) is 3.29. The maximum atomic E-state index is 12.2. The van der Waals surface area contributed by atoms with Gasteiger partial charge in [0.2, 0.25) is 0 Å². The Hall–Kier alpha value is -3.10. The normalized spacial score (nSPS) is 24.7. The highest BCUT2D eigenvalue weighted by molar-refractivity contribution is 5.85. The van der Waals surface area contributed by atoms with E-state index in [0.717, 1.165) is 11.1 Å². The lowest BCUT2D eigenvalue weighted by atomic mass is 10.1. The third-order valence-electron chi connectivity index (χ3n) is 5.08. The number of carbonyl (C=O) groups excluding carboxylic acids is 2. The first kappa shape index (κ1) is 20.2. The van der Waals surface area contributed by atoms with Crippen molar-refractivity contribution in [2.75, 3.05) is 23.8 Å². The summed E-state index contributed by atoms with van der Waals surface area (Å²) in [6, 6.07) is 14.8. The van der Waals surface area contributed by atoms with E-state index in [-0.39, 0.29) is 13.2 Å². The third kappa shape index (κ3) is 4.72. The Balaban J connectivity index is 1.27. The van der Waals surface area contributed by atoms with Gasteiger partial charge in [0, 0.05) is 11.4 Å². The van der Waals surface area contributed by atoms with Crippen molar-refractivity contribution in [1.29, 1.82) is 0 Å². The molecule has 4 rings (SSSR count). The van der Waals surface area contributed by atoms with E-state index in [1.165, 1.54) is 0 Å². The van der Waals surface area contributed by atoms with Gasteiger partial charge in [-0.1, -0.05) is 35.4 Å². The van der Waals surface area contributed by atoms with Crippen molar-refractivity contribution in [2.45, 2.75) is 38.3 Å². The van der Waals surface area contributed by atoms with E-state index in [4.69, 9.17) is 18.9 Å². The zero-order chi connectivity index (χ0) is 21.1. The summed E-state index contributed by atoms with van der Waals surface area (Å²) in [6.07, 6.45) is -3.28. The molecule has 30 heavy (non-hydrogen) atoms. The van der Waals surface area contributed by atoms with Crippen molar-refractivity contribution >= 4 is 23.6 Å². The molecule has 4 atom stereocenters. The quantitative estimate of drug-likeness (QED) is 0.796. The van der Waals surface area contributed by atoms with Crippen LogP contribution < -0.4 is 10.6 Å². The standard InChI is InChI=1S/C22H24N2O6/c1-13-3-7-15(8-4-13)23-21(25)29-17-11-27-20-18(12-28-19(17)20)30-22(26)24-16-9-5-14(2)6-10-16/h3-10,17-20H,11-12H2,1-2H3,(H,23,25)(H,24,26)/t17-,18-,19+,20+/m1/s1. The SMILES string of the molecule is Cc1ccc(NC(=O)O[C@@H]2CO[C@@H]3[C@H]2OC[C@H]3OC(=O)Nc2ccc(C)cc2)cc1. The zero-order valence-electron chi connectivity index (χ0n) is 16.8. The first-order valence-corrected chi connectivity index (χ1v) is 9.80. The lowest BCUT2D eigenvalue weighted by Crippen LogP contribution is -2.37. The van der Waals surface area contributed by atoms with Crippen LogP contribution in [0.1, 0.15) is 11.1 Å². The van der Waals surface area contributed by atoms with Crippen molar-refractivity contribution in [3.8, 4) is 0 Å². The molecular formula is C22H24N2O6. The number of anilines is 2. The summed E-state index contributed by atoms with van der Waals surface area (Å²) >= 11 is 0. The Morgan fingerprint density at radius 2 is 1.10 bits per heavy atom. The van der Waals surface area contributed by atoms with Crippen LogP contribution in [0, 0.1) is 13.8 Å².